The van der Waals surface area contributed by atoms with Gasteiger partial charge in [-0.05, 0) is 55.5 Å². The van der Waals surface area contributed by atoms with E-state index in [0.29, 0.717) is 11.4 Å². The molecular weight excluding hydrogens is 399 g/mol. The van der Waals surface area contributed by atoms with Gasteiger partial charge in [-0.25, -0.2) is 9.07 Å². The molecule has 2 aromatic carbocycles. The van der Waals surface area contributed by atoms with Crippen LogP contribution >= 0.6 is 12.2 Å². The SMILES string of the molecule is Cc1occc1-c1nn(CN(C)C(c2ccccc2)c2ccc(F)cc2)c(=S)n1C. The van der Waals surface area contributed by atoms with Crippen molar-refractivity contribution in [3.8, 4) is 11.4 Å². The molecular formula is C23H23FN4OS. The lowest BCUT2D eigenvalue weighted by Crippen LogP contribution is -2.28. The van der Waals surface area contributed by atoms with Gasteiger partial charge in [0.05, 0.1) is 24.5 Å². The van der Waals surface area contributed by atoms with Crippen LogP contribution in [0.3, 0.4) is 0 Å². The van der Waals surface area contributed by atoms with Crippen molar-refractivity contribution in [2.45, 2.75) is 19.6 Å². The van der Waals surface area contributed by atoms with Gasteiger partial charge in [0.1, 0.15) is 11.6 Å². The number of aromatic nitrogens is 3. The maximum Gasteiger partial charge on any atom is 0.199 e. The number of aryl methyl sites for hydroxylation is 1. The van der Waals surface area contributed by atoms with Gasteiger partial charge in [-0.15, -0.1) is 0 Å². The van der Waals surface area contributed by atoms with E-state index in [2.05, 4.69) is 17.0 Å². The molecule has 4 rings (SSSR count). The van der Waals surface area contributed by atoms with E-state index in [4.69, 9.17) is 21.7 Å². The Morgan fingerprint density at radius 3 is 2.37 bits per heavy atom. The second-order valence-corrected chi connectivity index (χ2v) is 7.68. The average Bonchev–Trinajstić information content (AvgIpc) is 3.28. The smallest absolute Gasteiger partial charge is 0.199 e. The summed E-state index contributed by atoms with van der Waals surface area (Å²) in [4.78, 5) is 2.15. The topological polar surface area (TPSA) is 39.1 Å². The lowest BCUT2D eigenvalue weighted by atomic mass is 9.98. The predicted molar refractivity (Wildman–Crippen MR) is 117 cm³/mol. The molecule has 0 N–H and O–H groups in total. The maximum atomic E-state index is 13.5. The van der Waals surface area contributed by atoms with E-state index in [1.807, 2.05) is 62.0 Å². The fourth-order valence-corrected chi connectivity index (χ4v) is 3.89. The third-order valence-corrected chi connectivity index (χ3v) is 5.72. The number of furan rings is 1. The van der Waals surface area contributed by atoms with Crippen LogP contribution in [0.1, 0.15) is 22.9 Å². The van der Waals surface area contributed by atoms with Crippen molar-refractivity contribution >= 4 is 12.2 Å². The van der Waals surface area contributed by atoms with Crippen molar-refractivity contribution in [2.24, 2.45) is 7.05 Å². The summed E-state index contributed by atoms with van der Waals surface area (Å²) in [6, 6.07) is 18.6. The summed E-state index contributed by atoms with van der Waals surface area (Å²) in [5.41, 5.74) is 3.03. The standard InChI is InChI=1S/C23H23FN4OS/c1-16-20(13-14-29-16)22-25-28(23(30)27(22)3)15-26(2)21(17-7-5-4-6-8-17)18-9-11-19(24)12-10-18/h4-14,21H,15H2,1-3H3. The highest BCUT2D eigenvalue weighted by molar-refractivity contribution is 7.71. The lowest BCUT2D eigenvalue weighted by Gasteiger charge is -2.28. The fourth-order valence-electron chi connectivity index (χ4n) is 3.71. The van der Waals surface area contributed by atoms with Crippen LogP contribution in [0.5, 0.6) is 0 Å². The van der Waals surface area contributed by atoms with Gasteiger partial charge in [-0.1, -0.05) is 42.5 Å². The molecule has 2 aromatic heterocycles. The van der Waals surface area contributed by atoms with Crippen molar-refractivity contribution in [3.05, 3.63) is 94.4 Å². The van der Waals surface area contributed by atoms with Crippen LogP contribution < -0.4 is 0 Å². The van der Waals surface area contributed by atoms with E-state index in [0.717, 1.165) is 28.3 Å². The van der Waals surface area contributed by atoms with Crippen molar-refractivity contribution in [1.29, 1.82) is 0 Å². The first-order valence-corrected chi connectivity index (χ1v) is 10.1. The van der Waals surface area contributed by atoms with Crippen LogP contribution in [-0.4, -0.2) is 26.3 Å². The van der Waals surface area contributed by atoms with Crippen LogP contribution in [0.2, 0.25) is 0 Å². The molecule has 2 heterocycles. The Balaban J connectivity index is 1.70. The molecule has 0 bridgehead atoms. The molecule has 0 fully saturated rings. The largest absolute Gasteiger partial charge is 0.469 e. The van der Waals surface area contributed by atoms with Crippen molar-refractivity contribution in [3.63, 3.8) is 0 Å². The highest BCUT2D eigenvalue weighted by Gasteiger charge is 2.21. The van der Waals surface area contributed by atoms with Crippen LogP contribution in [-0.2, 0) is 13.7 Å². The summed E-state index contributed by atoms with van der Waals surface area (Å²) in [5, 5.41) is 4.75. The van der Waals surface area contributed by atoms with Crippen LogP contribution in [0.15, 0.2) is 71.3 Å². The molecule has 0 aliphatic carbocycles. The summed E-state index contributed by atoms with van der Waals surface area (Å²) >= 11 is 5.64. The van der Waals surface area contributed by atoms with Gasteiger partial charge < -0.3 is 8.98 Å². The molecule has 0 amide bonds. The van der Waals surface area contributed by atoms with Gasteiger partial charge in [-0.2, -0.15) is 5.10 Å². The molecule has 0 aliphatic rings. The molecule has 0 saturated heterocycles. The van der Waals surface area contributed by atoms with Gasteiger partial charge in [0, 0.05) is 7.05 Å². The van der Waals surface area contributed by atoms with Crippen molar-refractivity contribution in [2.75, 3.05) is 7.05 Å². The molecule has 1 atom stereocenters. The quantitative estimate of drug-likeness (QED) is 0.393. The first-order valence-electron chi connectivity index (χ1n) is 9.64. The van der Waals surface area contributed by atoms with E-state index in [1.165, 1.54) is 12.1 Å². The Bertz CT molecular complexity index is 1190. The Labute approximate surface area is 180 Å². The van der Waals surface area contributed by atoms with Crippen LogP contribution in [0.4, 0.5) is 4.39 Å². The maximum absolute atomic E-state index is 13.5. The normalized spacial score (nSPS) is 12.4. The van der Waals surface area contributed by atoms with Gasteiger partial charge in [0.25, 0.3) is 0 Å². The molecule has 5 nitrogen and oxygen atoms in total. The zero-order valence-electron chi connectivity index (χ0n) is 17.1. The van der Waals surface area contributed by atoms with E-state index in [-0.39, 0.29) is 11.9 Å². The third-order valence-electron chi connectivity index (χ3n) is 5.24. The lowest BCUT2D eigenvalue weighted by molar-refractivity contribution is 0.208. The Morgan fingerprint density at radius 1 is 1.07 bits per heavy atom. The molecule has 30 heavy (non-hydrogen) atoms. The van der Waals surface area contributed by atoms with E-state index >= 15 is 0 Å². The number of benzene rings is 2. The molecule has 4 aromatic rings. The molecule has 1 unspecified atom stereocenters. The monoisotopic (exact) mass is 422 g/mol. The second kappa shape index (κ2) is 8.38. The summed E-state index contributed by atoms with van der Waals surface area (Å²) in [7, 11) is 3.92. The number of rotatable bonds is 6. The summed E-state index contributed by atoms with van der Waals surface area (Å²) in [6.07, 6.45) is 1.65. The Morgan fingerprint density at radius 2 is 1.73 bits per heavy atom. The molecule has 0 radical (unpaired) electrons. The van der Waals surface area contributed by atoms with Gasteiger partial charge in [0.2, 0.25) is 0 Å². The zero-order valence-corrected chi connectivity index (χ0v) is 17.9. The van der Waals surface area contributed by atoms with Gasteiger partial charge >= 0.3 is 0 Å². The number of hydrogen-bond donors (Lipinski definition) is 0. The zero-order chi connectivity index (χ0) is 21.3. The van der Waals surface area contributed by atoms with Gasteiger partial charge in [-0.3, -0.25) is 4.90 Å². The molecule has 0 spiro atoms. The van der Waals surface area contributed by atoms with E-state index < -0.39 is 0 Å². The minimum atomic E-state index is -0.250. The highest BCUT2D eigenvalue weighted by atomic mass is 32.1. The first kappa shape index (κ1) is 20.3. The van der Waals surface area contributed by atoms with Crippen LogP contribution in [0, 0.1) is 17.5 Å². The minimum Gasteiger partial charge on any atom is -0.469 e. The van der Waals surface area contributed by atoms with Crippen molar-refractivity contribution < 1.29 is 8.81 Å². The molecule has 154 valence electrons. The number of halogens is 1. The predicted octanol–water partition coefficient (Wildman–Crippen LogP) is 5.34. The Kier molecular flexibility index (Phi) is 5.65. The third kappa shape index (κ3) is 3.86. The highest BCUT2D eigenvalue weighted by Crippen LogP contribution is 2.29. The van der Waals surface area contributed by atoms with E-state index in [1.54, 1.807) is 10.9 Å². The minimum absolute atomic E-state index is 0.0742. The summed E-state index contributed by atoms with van der Waals surface area (Å²) < 4.78 is 23.2. The molecule has 0 aliphatic heterocycles. The van der Waals surface area contributed by atoms with E-state index in [9.17, 15) is 4.39 Å². The summed E-state index contributed by atoms with van der Waals surface area (Å²) in [6.45, 7) is 2.38. The van der Waals surface area contributed by atoms with Crippen molar-refractivity contribution in [1.82, 2.24) is 19.2 Å². The Hall–Kier alpha value is -3.03. The van der Waals surface area contributed by atoms with Gasteiger partial charge in [0.15, 0.2) is 10.6 Å². The fraction of sp³-hybridized carbons (Fsp3) is 0.217. The average molecular weight is 423 g/mol. The van der Waals surface area contributed by atoms with Crippen LogP contribution in [0.25, 0.3) is 11.4 Å². The second-order valence-electron chi connectivity index (χ2n) is 7.32. The molecule has 0 saturated carbocycles. The molecule has 7 heteroatoms. The first-order chi connectivity index (χ1) is 14.5. The summed E-state index contributed by atoms with van der Waals surface area (Å²) in [5.74, 6) is 1.31. The number of hydrogen-bond acceptors (Lipinski definition) is 4. The number of nitrogens with zero attached hydrogens (tertiary/aromatic N) is 4.